The Kier molecular flexibility index (Phi) is 7.54. The summed E-state index contributed by atoms with van der Waals surface area (Å²) in [5.41, 5.74) is 12.3. The van der Waals surface area contributed by atoms with Crippen molar-refractivity contribution in [3.63, 3.8) is 0 Å². The van der Waals surface area contributed by atoms with Crippen LogP contribution in [0, 0.1) is 0 Å². The van der Waals surface area contributed by atoms with Crippen molar-refractivity contribution in [2.45, 2.75) is 58.5 Å². The number of nitrogens with one attached hydrogen (secondary N) is 1. The molecule has 0 spiro atoms. The van der Waals surface area contributed by atoms with E-state index in [2.05, 4.69) is 29.0 Å². The van der Waals surface area contributed by atoms with Crippen molar-refractivity contribution >= 4 is 11.7 Å². The lowest BCUT2D eigenvalue weighted by Gasteiger charge is -2.32. The standard InChI is InChI=1S/C17H29N5O/c1-4-7-14(17(23,9-5-2)10-6-3)13(12-18)16(19)21-15-8-11-20-22-15/h7-8,11-12,23H,4-6,9-10,18H2,1-3H3,(H3,19,20,21,22)/b13-12-,14-7+. The highest BCUT2D eigenvalue weighted by molar-refractivity contribution is 6.02. The Balaban J connectivity index is 3.27. The van der Waals surface area contributed by atoms with Crippen LogP contribution in [0.4, 0.5) is 5.82 Å². The fourth-order valence-corrected chi connectivity index (χ4v) is 2.79. The molecule has 1 aromatic rings. The summed E-state index contributed by atoms with van der Waals surface area (Å²) < 4.78 is 0. The van der Waals surface area contributed by atoms with Crippen LogP contribution in [-0.2, 0) is 0 Å². The molecule has 1 rings (SSSR count). The topological polar surface area (TPSA) is 113 Å². The molecule has 6 nitrogen and oxygen atoms in total. The lowest BCUT2D eigenvalue weighted by molar-refractivity contribution is 0.0607. The lowest BCUT2D eigenvalue weighted by Crippen LogP contribution is -2.35. The largest absolute Gasteiger partial charge is 0.404 e. The molecular weight excluding hydrogens is 290 g/mol. The van der Waals surface area contributed by atoms with Gasteiger partial charge in [-0.25, -0.2) is 4.99 Å². The Bertz CT molecular complexity index is 552. The van der Waals surface area contributed by atoms with Crippen LogP contribution in [0.3, 0.4) is 0 Å². The van der Waals surface area contributed by atoms with Gasteiger partial charge in [0.15, 0.2) is 0 Å². The molecule has 6 N–H and O–H groups in total. The Morgan fingerprint density at radius 3 is 2.43 bits per heavy atom. The van der Waals surface area contributed by atoms with Crippen molar-refractivity contribution in [1.82, 2.24) is 10.2 Å². The van der Waals surface area contributed by atoms with Crippen molar-refractivity contribution in [3.05, 3.63) is 35.7 Å². The van der Waals surface area contributed by atoms with Gasteiger partial charge in [-0.1, -0.05) is 39.7 Å². The molecule has 0 unspecified atom stereocenters. The summed E-state index contributed by atoms with van der Waals surface area (Å²) in [4.78, 5) is 4.30. The van der Waals surface area contributed by atoms with Crippen LogP contribution in [0.1, 0.15) is 52.9 Å². The van der Waals surface area contributed by atoms with Crippen molar-refractivity contribution in [1.29, 1.82) is 0 Å². The van der Waals surface area contributed by atoms with Crippen LogP contribution in [0.15, 0.2) is 40.7 Å². The monoisotopic (exact) mass is 319 g/mol. The number of hydrogen-bond acceptors (Lipinski definition) is 4. The van der Waals surface area contributed by atoms with Gasteiger partial charge in [0.2, 0.25) is 0 Å². The Hall–Kier alpha value is -2.08. The van der Waals surface area contributed by atoms with E-state index in [9.17, 15) is 5.11 Å². The van der Waals surface area contributed by atoms with Crippen LogP contribution in [0.2, 0.25) is 0 Å². The Labute approximate surface area is 138 Å². The van der Waals surface area contributed by atoms with Crippen molar-refractivity contribution in [3.8, 4) is 0 Å². The molecular formula is C17H29N5O. The molecule has 0 aliphatic rings. The highest BCUT2D eigenvalue weighted by Gasteiger charge is 2.32. The van der Waals surface area contributed by atoms with E-state index in [-0.39, 0.29) is 5.84 Å². The molecule has 0 radical (unpaired) electrons. The van der Waals surface area contributed by atoms with Crippen LogP contribution < -0.4 is 11.5 Å². The van der Waals surface area contributed by atoms with Gasteiger partial charge in [0.05, 0.1) is 11.8 Å². The first-order valence-corrected chi connectivity index (χ1v) is 8.21. The average Bonchev–Trinajstić information content (AvgIpc) is 3.00. The molecule has 0 aliphatic heterocycles. The third-order valence-electron chi connectivity index (χ3n) is 3.70. The number of H-pyrrole nitrogens is 1. The molecule has 6 heteroatoms. The van der Waals surface area contributed by atoms with Gasteiger partial charge in [0.25, 0.3) is 0 Å². The number of nitrogens with two attached hydrogens (primary N) is 2. The molecule has 23 heavy (non-hydrogen) atoms. The van der Waals surface area contributed by atoms with Gasteiger partial charge >= 0.3 is 0 Å². The minimum absolute atomic E-state index is 0.266. The maximum absolute atomic E-state index is 11.2. The smallest absolute Gasteiger partial charge is 0.150 e. The maximum Gasteiger partial charge on any atom is 0.150 e. The lowest BCUT2D eigenvalue weighted by atomic mass is 9.80. The minimum atomic E-state index is -0.946. The number of hydrogen-bond donors (Lipinski definition) is 4. The average molecular weight is 319 g/mol. The summed E-state index contributed by atoms with van der Waals surface area (Å²) in [5, 5.41) is 17.8. The maximum atomic E-state index is 11.2. The second-order valence-corrected chi connectivity index (χ2v) is 5.58. The summed E-state index contributed by atoms with van der Waals surface area (Å²) in [6, 6.07) is 1.72. The number of allylic oxidation sites excluding steroid dienone is 1. The zero-order chi connectivity index (χ0) is 17.3. The fourth-order valence-electron chi connectivity index (χ4n) is 2.79. The van der Waals surface area contributed by atoms with Crippen molar-refractivity contribution < 1.29 is 5.11 Å². The van der Waals surface area contributed by atoms with Crippen LogP contribution in [0.5, 0.6) is 0 Å². The molecule has 0 saturated carbocycles. The van der Waals surface area contributed by atoms with E-state index < -0.39 is 5.60 Å². The van der Waals surface area contributed by atoms with E-state index in [0.29, 0.717) is 24.2 Å². The Morgan fingerprint density at radius 2 is 2.00 bits per heavy atom. The number of rotatable bonds is 9. The number of aliphatic imine (C=N–C) groups is 1. The van der Waals surface area contributed by atoms with Gasteiger partial charge in [-0.05, 0) is 24.8 Å². The molecule has 1 heterocycles. The highest BCUT2D eigenvalue weighted by atomic mass is 16.3. The van der Waals surface area contributed by atoms with Gasteiger partial charge in [-0.2, -0.15) is 5.10 Å². The van der Waals surface area contributed by atoms with Crippen molar-refractivity contribution in [2.24, 2.45) is 16.5 Å². The predicted molar refractivity (Wildman–Crippen MR) is 95.3 cm³/mol. The van der Waals surface area contributed by atoms with E-state index in [1.807, 2.05) is 13.0 Å². The summed E-state index contributed by atoms with van der Waals surface area (Å²) in [6.07, 6.45) is 8.83. The third kappa shape index (κ3) is 4.96. The van der Waals surface area contributed by atoms with E-state index in [4.69, 9.17) is 11.5 Å². The minimum Gasteiger partial charge on any atom is -0.404 e. The number of amidine groups is 1. The summed E-state index contributed by atoms with van der Waals surface area (Å²) >= 11 is 0. The van der Waals surface area contributed by atoms with Gasteiger partial charge in [-0.15, -0.1) is 0 Å². The van der Waals surface area contributed by atoms with Gasteiger partial charge in [0.1, 0.15) is 11.7 Å². The van der Waals surface area contributed by atoms with E-state index in [0.717, 1.165) is 24.8 Å². The second-order valence-electron chi connectivity index (χ2n) is 5.58. The van der Waals surface area contributed by atoms with E-state index >= 15 is 0 Å². The van der Waals surface area contributed by atoms with Gasteiger partial charge < -0.3 is 16.6 Å². The van der Waals surface area contributed by atoms with E-state index in [1.54, 1.807) is 12.3 Å². The van der Waals surface area contributed by atoms with Crippen LogP contribution in [0.25, 0.3) is 0 Å². The summed E-state index contributed by atoms with van der Waals surface area (Å²) in [5.74, 6) is 0.814. The molecule has 0 aromatic carbocycles. The fraction of sp³-hybridized carbons (Fsp3) is 0.529. The summed E-state index contributed by atoms with van der Waals surface area (Å²) in [7, 11) is 0. The van der Waals surface area contributed by atoms with E-state index in [1.165, 1.54) is 6.20 Å². The molecule has 0 fully saturated rings. The quantitative estimate of drug-likeness (QED) is 0.318. The molecule has 0 amide bonds. The first-order chi connectivity index (χ1) is 11.0. The van der Waals surface area contributed by atoms with Crippen molar-refractivity contribution in [2.75, 3.05) is 0 Å². The molecule has 0 saturated heterocycles. The van der Waals surface area contributed by atoms with Crippen LogP contribution in [-0.4, -0.2) is 26.7 Å². The number of nitrogens with zero attached hydrogens (tertiary/aromatic N) is 2. The normalized spacial score (nSPS) is 14.3. The summed E-state index contributed by atoms with van der Waals surface area (Å²) in [6.45, 7) is 6.13. The zero-order valence-electron chi connectivity index (χ0n) is 14.3. The number of aromatic amines is 1. The SMILES string of the molecule is CC\C=C(C(=C/N)/C(N)=N/c1ccn[nH]1)\C(O)(CCC)CCC. The second kappa shape index (κ2) is 9.15. The molecule has 0 atom stereocenters. The van der Waals surface area contributed by atoms with Gasteiger partial charge in [-0.3, -0.25) is 5.10 Å². The van der Waals surface area contributed by atoms with Crippen LogP contribution >= 0.6 is 0 Å². The number of aromatic nitrogens is 2. The Morgan fingerprint density at radius 1 is 1.35 bits per heavy atom. The predicted octanol–water partition coefficient (Wildman–Crippen LogP) is 2.91. The molecule has 128 valence electrons. The third-order valence-corrected chi connectivity index (χ3v) is 3.70. The molecule has 0 aliphatic carbocycles. The highest BCUT2D eigenvalue weighted by Crippen LogP contribution is 2.33. The molecule has 1 aromatic heterocycles. The van der Waals surface area contributed by atoms with Gasteiger partial charge in [0, 0.05) is 17.8 Å². The number of aliphatic hydroxyl groups is 1. The first-order valence-electron chi connectivity index (χ1n) is 8.21. The zero-order valence-corrected chi connectivity index (χ0v) is 14.3. The first kappa shape index (κ1) is 19.0. The molecule has 0 bridgehead atoms.